The number of anilines is 2. The molecule has 8 heterocycles. The van der Waals surface area contributed by atoms with Crippen molar-refractivity contribution in [3.8, 4) is 0 Å². The van der Waals surface area contributed by atoms with E-state index in [0.717, 1.165) is 36.6 Å². The molecule has 0 aromatic carbocycles. The molecule has 73 heavy (non-hydrogen) atoms. The molecule has 0 spiro atoms. The Kier molecular flexibility index (Phi) is 15.9. The van der Waals surface area contributed by atoms with Gasteiger partial charge in [-0.25, -0.2) is 38.0 Å². The van der Waals surface area contributed by atoms with Gasteiger partial charge in [-0.1, -0.05) is 4.98 Å². The standard InChI is InChI=1S/C33H46N12O23P4S/c1-42-12-45(27-19(42)28(50)41-32(35)40-27)29-20(47)13(6-60-2)14(64-29)7-63-70(54,55)67-71(56,57)68-72(58,59)73-9-16-24(23(61-3)31(66-16)44-11-38-18-25(34)36-10-37-26(18)44)69(52,53)62-8-15-21(48)22(49)30(65-15)43-5-4-17(46)39-33(43)51/h4-5,10-16,20-24,29-31,47-49H,6-9H2,1-3H3,(H9-,34,35,36,37,39,40,41,46,50,51,52,53,54,55,56,57,58,59)/p+1/t13-,14-,15-,16-,20-,21-,22-,23-,24-,29-,30-,31-/m1/s1. The first kappa shape index (κ1) is 55.1. The Bertz CT molecular complexity index is 3250. The first-order valence-corrected chi connectivity index (χ1v) is 28.8. The average Bonchev–Trinajstić information content (AvgIpc) is 4.10. The summed E-state index contributed by atoms with van der Waals surface area (Å²) in [7, 11) is -13.2. The number of nitrogens with zero attached hydrogens (tertiary/aromatic N) is 8. The number of phosphoric ester groups is 1. The highest BCUT2D eigenvalue weighted by Gasteiger charge is 2.57. The lowest BCUT2D eigenvalue weighted by Crippen LogP contribution is -2.45. The lowest BCUT2D eigenvalue weighted by atomic mass is 9.99. The zero-order valence-corrected chi connectivity index (χ0v) is 42.1. The third-order valence-electron chi connectivity index (χ3n) is 11.7. The quantitative estimate of drug-likeness (QED) is 0.0270. The lowest BCUT2D eigenvalue weighted by Gasteiger charge is -2.28. The maximum Gasteiger partial charge on any atom is 0.488 e. The molecule has 3 fully saturated rings. The molecule has 0 amide bonds. The van der Waals surface area contributed by atoms with Crippen LogP contribution >= 0.6 is 41.4 Å². The number of methoxy groups -OCH3 is 2. The molecule has 0 saturated carbocycles. The first-order chi connectivity index (χ1) is 34.2. The number of hydrogen-bond donors (Lipinski definition) is 11. The van der Waals surface area contributed by atoms with E-state index in [1.807, 2.05) is 4.98 Å². The van der Waals surface area contributed by atoms with Crippen LogP contribution < -0.4 is 32.8 Å². The van der Waals surface area contributed by atoms with Crippen molar-refractivity contribution in [1.29, 1.82) is 0 Å². The van der Waals surface area contributed by atoms with Crippen LogP contribution in [0.15, 0.2) is 45.6 Å². The van der Waals surface area contributed by atoms with Gasteiger partial charge in [-0.2, -0.15) is 8.62 Å². The van der Waals surface area contributed by atoms with Crippen molar-refractivity contribution in [2.24, 2.45) is 13.0 Å². The topological polar surface area (TPSA) is 498 Å². The van der Waals surface area contributed by atoms with Crippen LogP contribution in [0.5, 0.6) is 0 Å². The Morgan fingerprint density at radius 2 is 1.55 bits per heavy atom. The normalized spacial score (nSPS) is 30.9. The number of nitrogen functional groups attached to an aromatic ring is 2. The van der Waals surface area contributed by atoms with Gasteiger partial charge in [0.15, 0.2) is 30.2 Å². The van der Waals surface area contributed by atoms with Crippen LogP contribution in [0, 0.1) is 5.92 Å². The maximum absolute atomic E-state index is 14.3. The van der Waals surface area contributed by atoms with Gasteiger partial charge in [-0.3, -0.25) is 42.3 Å². The summed E-state index contributed by atoms with van der Waals surface area (Å²) in [6.45, 7) is -7.69. The number of aryl methyl sites for hydroxylation is 1. The van der Waals surface area contributed by atoms with Gasteiger partial charge in [0.2, 0.25) is 11.7 Å². The minimum absolute atomic E-state index is 0.0115. The number of aromatic nitrogens is 10. The second kappa shape index (κ2) is 21.1. The number of ether oxygens (including phenoxy) is 5. The number of aliphatic hydroxyl groups is 3. The van der Waals surface area contributed by atoms with Gasteiger partial charge in [0.25, 0.3) is 17.1 Å². The monoisotopic (exact) mass is 1140 g/mol. The Morgan fingerprint density at radius 1 is 0.836 bits per heavy atom. The summed E-state index contributed by atoms with van der Waals surface area (Å²) in [6.07, 6.45) is -11.1. The predicted molar refractivity (Wildman–Crippen MR) is 243 cm³/mol. The summed E-state index contributed by atoms with van der Waals surface area (Å²) >= 11 is -0.177. The second-order valence-corrected chi connectivity index (χ2v) is 25.5. The largest absolute Gasteiger partial charge is 0.488 e. The fraction of sp³-hybridized carbons (Fsp3) is 0.576. The zero-order valence-electron chi connectivity index (χ0n) is 37.7. The van der Waals surface area contributed by atoms with Crippen LogP contribution in [0.4, 0.5) is 11.8 Å². The summed E-state index contributed by atoms with van der Waals surface area (Å²) in [5.74, 6) is -2.24. The molecule has 0 aliphatic carbocycles. The number of aliphatic hydroxyl groups excluding tert-OH is 3. The van der Waals surface area contributed by atoms with Gasteiger partial charge in [-0.15, -0.1) is 0 Å². The lowest BCUT2D eigenvalue weighted by molar-refractivity contribution is -0.745. The number of H-pyrrole nitrogens is 2. The van der Waals surface area contributed by atoms with E-state index in [9.17, 15) is 67.5 Å². The van der Waals surface area contributed by atoms with E-state index in [4.69, 9.17) is 44.2 Å². The molecule has 4 unspecified atom stereocenters. The zero-order chi connectivity index (χ0) is 53.1. The minimum atomic E-state index is -6.08. The number of phosphoric acid groups is 2. The van der Waals surface area contributed by atoms with Crippen molar-refractivity contribution in [1.82, 2.24) is 43.6 Å². The molecule has 0 radical (unpaired) electrons. The van der Waals surface area contributed by atoms with E-state index in [0.29, 0.717) is 0 Å². The molecular formula is C33H47N12O23P4S+. The molecule has 3 aliphatic heterocycles. The van der Waals surface area contributed by atoms with Crippen LogP contribution in [0.2, 0.25) is 0 Å². The number of nitrogens with two attached hydrogens (primary N) is 2. The van der Waals surface area contributed by atoms with Gasteiger partial charge in [-0.05, 0) is 11.4 Å². The summed E-state index contributed by atoms with van der Waals surface area (Å²) < 4.78 is 106. The van der Waals surface area contributed by atoms with Crippen molar-refractivity contribution in [2.75, 3.05) is 51.3 Å². The highest BCUT2D eigenvalue weighted by molar-refractivity contribution is 8.55. The van der Waals surface area contributed by atoms with E-state index >= 15 is 0 Å². The van der Waals surface area contributed by atoms with Gasteiger partial charge in [0.1, 0.15) is 48.0 Å². The Hall–Kier alpha value is -4.19. The molecule has 0 bridgehead atoms. The molecule has 402 valence electrons. The number of aromatic amines is 2. The van der Waals surface area contributed by atoms with Crippen LogP contribution in [0.1, 0.15) is 18.7 Å². The number of rotatable bonds is 20. The molecule has 5 aromatic heterocycles. The van der Waals surface area contributed by atoms with E-state index in [1.54, 1.807) is 0 Å². The number of imidazole rings is 2. The van der Waals surface area contributed by atoms with Crippen LogP contribution in [0.3, 0.4) is 0 Å². The Balaban J connectivity index is 0.957. The van der Waals surface area contributed by atoms with E-state index < -0.39 is 139 Å². The summed E-state index contributed by atoms with van der Waals surface area (Å²) in [6, 6.07) is 0.937. The number of fused-ring (bicyclic) bond motifs is 2. The summed E-state index contributed by atoms with van der Waals surface area (Å²) in [5, 5.41) is 32.8. The van der Waals surface area contributed by atoms with E-state index in [2.05, 4.69) is 33.5 Å². The minimum Gasteiger partial charge on any atom is -0.387 e. The van der Waals surface area contributed by atoms with Crippen LogP contribution in [0.25, 0.3) is 22.3 Å². The molecule has 3 aliphatic rings. The fourth-order valence-corrected chi connectivity index (χ4v) is 16.4. The highest BCUT2D eigenvalue weighted by atomic mass is 32.7. The molecule has 35 nitrogen and oxygen atoms in total. The van der Waals surface area contributed by atoms with Gasteiger partial charge >= 0.3 is 41.4 Å². The highest BCUT2D eigenvalue weighted by Crippen LogP contribution is 2.72. The van der Waals surface area contributed by atoms with E-state index in [1.165, 1.54) is 34.2 Å². The van der Waals surface area contributed by atoms with Gasteiger partial charge in [0, 0.05) is 38.2 Å². The average molecular weight is 1140 g/mol. The molecule has 16 atom stereocenters. The van der Waals surface area contributed by atoms with Crippen LogP contribution in [-0.2, 0) is 66.7 Å². The second-order valence-electron chi connectivity index (χ2n) is 16.4. The molecular weight excluding hydrogens is 1090 g/mol. The SMILES string of the molecule is COC[C@H]1[C@@H](O)[C@H]([n+]2cn(C)c3c(=O)[nH]c(N)nc32)O[C@@H]1COP(=O)(O)OP(=O)(O)OP(=O)(O)SC[C@H]1O[C@@H](n2cnc3c(N)ncnc32)[C@H](OC)[C@@H]1P(=O)(O)OC[C@H]1O[C@@H](n2ccc(=O)[nH]c2=O)[C@H](O)[C@@H]1O. The maximum atomic E-state index is 14.3. The third kappa shape index (κ3) is 11.4. The number of nitrogens with one attached hydrogen (secondary N) is 2. The molecule has 40 heteroatoms. The van der Waals surface area contributed by atoms with E-state index in [-0.39, 0.29) is 52.1 Å². The van der Waals surface area contributed by atoms with Gasteiger partial charge in [0.05, 0.1) is 45.4 Å². The molecule has 13 N–H and O–H groups in total. The van der Waals surface area contributed by atoms with Crippen molar-refractivity contribution >= 4 is 75.5 Å². The summed E-state index contributed by atoms with van der Waals surface area (Å²) in [4.78, 5) is 101. The Labute approximate surface area is 410 Å². The van der Waals surface area contributed by atoms with Crippen LogP contribution in [-0.4, -0.2) is 167 Å². The molecule has 5 aromatic rings. The Morgan fingerprint density at radius 3 is 2.25 bits per heavy atom. The van der Waals surface area contributed by atoms with Crippen molar-refractivity contribution in [3.05, 3.63) is 62.4 Å². The first-order valence-electron chi connectivity index (χ1n) is 20.9. The molecule has 3 saturated heterocycles. The molecule has 8 rings (SSSR count). The summed E-state index contributed by atoms with van der Waals surface area (Å²) in [5.41, 5.74) is 7.52. The smallest absolute Gasteiger partial charge is 0.387 e. The van der Waals surface area contributed by atoms with Crippen molar-refractivity contribution in [3.63, 3.8) is 0 Å². The third-order valence-corrected chi connectivity index (χ3v) is 20.2. The van der Waals surface area contributed by atoms with Crippen molar-refractivity contribution in [2.45, 2.75) is 67.1 Å². The fourth-order valence-electron chi connectivity index (χ4n) is 8.47. The van der Waals surface area contributed by atoms with Crippen molar-refractivity contribution < 1.29 is 99.1 Å². The predicted octanol–water partition coefficient (Wildman–Crippen LogP) is -3.19. The van der Waals surface area contributed by atoms with Gasteiger partial charge < -0.3 is 74.6 Å². The number of hydrogen-bond acceptors (Lipinski definition) is 26.